The van der Waals surface area contributed by atoms with E-state index in [4.69, 9.17) is 0 Å². The van der Waals surface area contributed by atoms with E-state index in [1.54, 1.807) is 13.3 Å². The summed E-state index contributed by atoms with van der Waals surface area (Å²) < 4.78 is 1.82. The zero-order chi connectivity index (χ0) is 17.4. The highest BCUT2D eigenvalue weighted by Gasteiger charge is 2.45. The van der Waals surface area contributed by atoms with Gasteiger partial charge in [-0.25, -0.2) is 4.98 Å². The predicted molar refractivity (Wildman–Crippen MR) is 91.8 cm³/mol. The summed E-state index contributed by atoms with van der Waals surface area (Å²) >= 11 is 0. The van der Waals surface area contributed by atoms with E-state index in [9.17, 15) is 4.79 Å². The molecule has 25 heavy (non-hydrogen) atoms. The van der Waals surface area contributed by atoms with Crippen LogP contribution in [0.2, 0.25) is 0 Å². The number of piperidine rings is 1. The Morgan fingerprint density at radius 1 is 1.32 bits per heavy atom. The van der Waals surface area contributed by atoms with Gasteiger partial charge in [0, 0.05) is 26.1 Å². The van der Waals surface area contributed by atoms with Gasteiger partial charge in [-0.2, -0.15) is 10.2 Å². The average Bonchev–Trinajstić information content (AvgIpc) is 3.22. The molecular formula is C17H23N7O. The molecule has 0 unspecified atom stereocenters. The Hall–Kier alpha value is -2.51. The summed E-state index contributed by atoms with van der Waals surface area (Å²) in [7, 11) is 0. The molecule has 2 aliphatic heterocycles. The van der Waals surface area contributed by atoms with Crippen LogP contribution in [0.4, 0.5) is 5.82 Å². The lowest BCUT2D eigenvalue weighted by atomic mass is 9.92. The molecule has 132 valence electrons. The van der Waals surface area contributed by atoms with Crippen LogP contribution in [0.3, 0.4) is 0 Å². The molecule has 0 N–H and O–H groups in total. The van der Waals surface area contributed by atoms with Gasteiger partial charge in [-0.15, -0.1) is 5.10 Å². The van der Waals surface area contributed by atoms with E-state index >= 15 is 0 Å². The van der Waals surface area contributed by atoms with Crippen molar-refractivity contribution in [3.8, 4) is 0 Å². The lowest BCUT2D eigenvalue weighted by Gasteiger charge is -2.38. The first-order chi connectivity index (χ1) is 12.1. The normalized spacial score (nSPS) is 25.9. The molecule has 0 radical (unpaired) electrons. The maximum atomic E-state index is 12.3. The number of hydrogen-bond donors (Lipinski definition) is 0. The van der Waals surface area contributed by atoms with E-state index < -0.39 is 0 Å². The highest BCUT2D eigenvalue weighted by atomic mass is 16.2. The molecule has 0 aliphatic carbocycles. The quantitative estimate of drug-likeness (QED) is 0.825. The predicted octanol–water partition coefficient (Wildman–Crippen LogP) is 0.892. The first-order valence-corrected chi connectivity index (χ1v) is 8.78. The van der Waals surface area contributed by atoms with Crippen LogP contribution in [0.5, 0.6) is 0 Å². The number of fused-ring (bicyclic) bond motifs is 1. The highest BCUT2D eigenvalue weighted by molar-refractivity contribution is 5.74. The molecule has 8 nitrogen and oxygen atoms in total. The molecule has 2 aliphatic rings. The smallest absolute Gasteiger partial charge is 0.220 e. The summed E-state index contributed by atoms with van der Waals surface area (Å²) in [6, 6.07) is 4.52. The maximum absolute atomic E-state index is 12.3. The van der Waals surface area contributed by atoms with Crippen molar-refractivity contribution in [1.29, 1.82) is 0 Å². The minimum Gasteiger partial charge on any atom is -0.355 e. The Labute approximate surface area is 146 Å². The molecule has 8 heteroatoms. The minimum absolute atomic E-state index is 0.154. The van der Waals surface area contributed by atoms with E-state index in [1.807, 2.05) is 23.7 Å². The topological polar surface area (TPSA) is 80.0 Å². The van der Waals surface area contributed by atoms with E-state index in [0.717, 1.165) is 37.4 Å². The number of rotatable bonds is 3. The van der Waals surface area contributed by atoms with Crippen molar-refractivity contribution in [2.45, 2.75) is 45.3 Å². The van der Waals surface area contributed by atoms with Gasteiger partial charge in [-0.05, 0) is 37.8 Å². The van der Waals surface area contributed by atoms with E-state index in [-0.39, 0.29) is 11.9 Å². The van der Waals surface area contributed by atoms with Crippen molar-refractivity contribution < 1.29 is 4.79 Å². The number of amides is 1. The Kier molecular flexibility index (Phi) is 4.10. The molecule has 2 aromatic heterocycles. The largest absolute Gasteiger partial charge is 0.355 e. The number of nitrogens with zero attached hydrogens (tertiary/aromatic N) is 7. The number of carbonyl (C=O) groups excluding carboxylic acids is 1. The first kappa shape index (κ1) is 16.0. The zero-order valence-electron chi connectivity index (χ0n) is 14.6. The van der Waals surface area contributed by atoms with Gasteiger partial charge in [0.15, 0.2) is 5.82 Å². The van der Waals surface area contributed by atoms with E-state index in [2.05, 4.69) is 30.1 Å². The Morgan fingerprint density at radius 3 is 2.88 bits per heavy atom. The molecule has 3 atom stereocenters. The summed E-state index contributed by atoms with van der Waals surface area (Å²) in [6.45, 7) is 6.14. The molecule has 2 aromatic rings. The molecule has 0 spiro atoms. The van der Waals surface area contributed by atoms with E-state index in [1.165, 1.54) is 6.33 Å². The van der Waals surface area contributed by atoms with Crippen molar-refractivity contribution in [3.63, 3.8) is 0 Å². The fourth-order valence-electron chi connectivity index (χ4n) is 4.32. The molecule has 1 amide bonds. The number of anilines is 1. The summed E-state index contributed by atoms with van der Waals surface area (Å²) in [4.78, 5) is 20.7. The van der Waals surface area contributed by atoms with Gasteiger partial charge in [0.05, 0.1) is 18.3 Å². The van der Waals surface area contributed by atoms with Crippen LogP contribution >= 0.6 is 0 Å². The van der Waals surface area contributed by atoms with Crippen LogP contribution < -0.4 is 4.90 Å². The van der Waals surface area contributed by atoms with Crippen molar-refractivity contribution in [2.24, 2.45) is 5.92 Å². The minimum atomic E-state index is 0.154. The molecule has 2 saturated heterocycles. The molecule has 0 bridgehead atoms. The molecule has 0 aromatic carbocycles. The third kappa shape index (κ3) is 3.08. The second kappa shape index (κ2) is 6.42. The van der Waals surface area contributed by atoms with Crippen LogP contribution in [0, 0.1) is 12.8 Å². The van der Waals surface area contributed by atoms with Gasteiger partial charge in [-0.3, -0.25) is 9.48 Å². The van der Waals surface area contributed by atoms with Crippen LogP contribution in [-0.4, -0.2) is 60.9 Å². The van der Waals surface area contributed by atoms with Crippen LogP contribution in [-0.2, 0) is 11.3 Å². The third-order valence-corrected chi connectivity index (χ3v) is 5.36. The van der Waals surface area contributed by atoms with Crippen molar-refractivity contribution in [2.75, 3.05) is 18.0 Å². The maximum Gasteiger partial charge on any atom is 0.220 e. The molecule has 0 saturated carbocycles. The second-order valence-corrected chi connectivity index (χ2v) is 7.03. The van der Waals surface area contributed by atoms with Gasteiger partial charge < -0.3 is 9.80 Å². The van der Waals surface area contributed by atoms with Crippen molar-refractivity contribution in [1.82, 2.24) is 29.9 Å². The van der Waals surface area contributed by atoms with Gasteiger partial charge >= 0.3 is 0 Å². The third-order valence-electron chi connectivity index (χ3n) is 5.36. The van der Waals surface area contributed by atoms with Crippen LogP contribution in [0.15, 0.2) is 24.8 Å². The number of aromatic nitrogens is 5. The van der Waals surface area contributed by atoms with Gasteiger partial charge in [-0.1, -0.05) is 0 Å². The standard InChI is InChI=1S/C17H23N7O/c1-12-3-4-17(21-20-12)22-6-5-16-14(8-22)7-15(24(16)13(2)25)9-23-11-18-10-19-23/h3-4,10-11,14-16H,5-9H2,1-2H3/t14-,15+,16+/m0/s1. The van der Waals surface area contributed by atoms with Gasteiger partial charge in [0.2, 0.25) is 5.91 Å². The number of aryl methyl sites for hydroxylation is 1. The Bertz CT molecular complexity index is 730. The first-order valence-electron chi connectivity index (χ1n) is 8.78. The highest BCUT2D eigenvalue weighted by Crippen LogP contribution is 2.37. The fraction of sp³-hybridized carbons (Fsp3) is 0.588. The van der Waals surface area contributed by atoms with Gasteiger partial charge in [0.25, 0.3) is 0 Å². The number of carbonyl (C=O) groups is 1. The monoisotopic (exact) mass is 341 g/mol. The second-order valence-electron chi connectivity index (χ2n) is 7.03. The van der Waals surface area contributed by atoms with Crippen LogP contribution in [0.25, 0.3) is 0 Å². The van der Waals surface area contributed by atoms with E-state index in [0.29, 0.717) is 18.5 Å². The molecular weight excluding hydrogens is 318 g/mol. The lowest BCUT2D eigenvalue weighted by molar-refractivity contribution is -0.132. The molecule has 4 rings (SSSR count). The number of hydrogen-bond acceptors (Lipinski definition) is 6. The summed E-state index contributed by atoms with van der Waals surface area (Å²) in [5, 5.41) is 12.7. The Balaban J connectivity index is 1.50. The Morgan fingerprint density at radius 2 is 2.20 bits per heavy atom. The summed E-state index contributed by atoms with van der Waals surface area (Å²) in [6.07, 6.45) is 5.21. The van der Waals surface area contributed by atoms with Crippen molar-refractivity contribution in [3.05, 3.63) is 30.5 Å². The van der Waals surface area contributed by atoms with Crippen LogP contribution in [0.1, 0.15) is 25.5 Å². The molecule has 4 heterocycles. The fourth-order valence-corrected chi connectivity index (χ4v) is 4.32. The lowest BCUT2D eigenvalue weighted by Crippen LogP contribution is -2.49. The SMILES string of the molecule is CC(=O)N1[C@@H](Cn2cncn2)C[C@H]2CN(c3ccc(C)nn3)CC[C@H]21. The summed E-state index contributed by atoms with van der Waals surface area (Å²) in [5.74, 6) is 1.54. The average molecular weight is 341 g/mol. The summed E-state index contributed by atoms with van der Waals surface area (Å²) in [5.41, 5.74) is 0.926. The van der Waals surface area contributed by atoms with Crippen molar-refractivity contribution >= 4 is 11.7 Å². The number of likely N-dealkylation sites (tertiary alicyclic amines) is 1. The zero-order valence-corrected chi connectivity index (χ0v) is 14.6. The van der Waals surface area contributed by atoms with Gasteiger partial charge in [0.1, 0.15) is 12.7 Å². The molecule has 2 fully saturated rings.